The van der Waals surface area contributed by atoms with Gasteiger partial charge in [-0.3, -0.25) is 9.10 Å². The number of hydrogen-bond donors (Lipinski definition) is 1. The monoisotopic (exact) mass is 482 g/mol. The third kappa shape index (κ3) is 5.88. The minimum absolute atomic E-state index is 0.0723. The number of amides is 1. The maximum Gasteiger partial charge on any atom is 0.264 e. The molecule has 1 amide bonds. The molecule has 1 N–H and O–H groups in total. The highest BCUT2D eigenvalue weighted by molar-refractivity contribution is 7.92. The van der Waals surface area contributed by atoms with Gasteiger partial charge in [0.05, 0.1) is 24.8 Å². The number of ether oxygens (including phenoxy) is 2. The van der Waals surface area contributed by atoms with Gasteiger partial charge in [0, 0.05) is 25.2 Å². The van der Waals surface area contributed by atoms with Gasteiger partial charge in [-0.15, -0.1) is 0 Å². The van der Waals surface area contributed by atoms with Crippen LogP contribution in [0, 0.1) is 6.92 Å². The summed E-state index contributed by atoms with van der Waals surface area (Å²) < 4.78 is 37.7. The third-order valence-electron chi connectivity index (χ3n) is 5.55. The summed E-state index contributed by atoms with van der Waals surface area (Å²) in [6.45, 7) is 2.61. The Morgan fingerprint density at radius 3 is 2.18 bits per heavy atom. The van der Waals surface area contributed by atoms with Gasteiger partial charge < -0.3 is 14.8 Å². The van der Waals surface area contributed by atoms with Gasteiger partial charge in [0.25, 0.3) is 15.9 Å². The molecule has 34 heavy (non-hydrogen) atoms. The quantitative estimate of drug-likeness (QED) is 0.438. The van der Waals surface area contributed by atoms with Crippen LogP contribution in [0.2, 0.25) is 0 Å². The average Bonchev–Trinajstić information content (AvgIpc) is 2.86. The molecule has 0 aliphatic rings. The van der Waals surface area contributed by atoms with E-state index in [2.05, 4.69) is 36.5 Å². The first-order valence-electron chi connectivity index (χ1n) is 10.9. The molecule has 0 aliphatic heterocycles. The first-order valence-corrected chi connectivity index (χ1v) is 12.3. The number of aryl methyl sites for hydroxylation is 2. The summed E-state index contributed by atoms with van der Waals surface area (Å²) >= 11 is 0. The Kier molecular flexibility index (Phi) is 8.17. The van der Waals surface area contributed by atoms with E-state index in [4.69, 9.17) is 9.47 Å². The van der Waals surface area contributed by atoms with Crippen molar-refractivity contribution in [2.75, 3.05) is 32.1 Å². The van der Waals surface area contributed by atoms with Crippen molar-refractivity contribution in [3.8, 4) is 11.5 Å². The van der Waals surface area contributed by atoms with Crippen molar-refractivity contribution in [3.63, 3.8) is 0 Å². The van der Waals surface area contributed by atoms with E-state index >= 15 is 0 Å². The van der Waals surface area contributed by atoms with Crippen LogP contribution in [-0.2, 0) is 16.4 Å². The van der Waals surface area contributed by atoms with Crippen molar-refractivity contribution < 1.29 is 22.7 Å². The van der Waals surface area contributed by atoms with E-state index in [1.807, 2.05) is 0 Å². The first-order chi connectivity index (χ1) is 16.3. The van der Waals surface area contributed by atoms with Crippen molar-refractivity contribution in [2.24, 2.45) is 0 Å². The largest absolute Gasteiger partial charge is 0.493 e. The molecular formula is C26H30N2O5S. The van der Waals surface area contributed by atoms with Gasteiger partial charge in [-0.25, -0.2) is 8.42 Å². The predicted molar refractivity (Wildman–Crippen MR) is 133 cm³/mol. The van der Waals surface area contributed by atoms with Crippen molar-refractivity contribution >= 4 is 21.6 Å². The van der Waals surface area contributed by atoms with Crippen LogP contribution in [0.25, 0.3) is 0 Å². The lowest BCUT2D eigenvalue weighted by Gasteiger charge is -2.20. The summed E-state index contributed by atoms with van der Waals surface area (Å²) in [5.41, 5.74) is 3.37. The van der Waals surface area contributed by atoms with E-state index in [9.17, 15) is 13.2 Å². The lowest BCUT2D eigenvalue weighted by Crippen LogP contribution is -2.27. The zero-order valence-electron chi connectivity index (χ0n) is 19.9. The van der Waals surface area contributed by atoms with E-state index in [1.54, 1.807) is 30.3 Å². The second kappa shape index (κ2) is 11.1. The highest BCUT2D eigenvalue weighted by Crippen LogP contribution is 2.31. The second-order valence-corrected chi connectivity index (χ2v) is 9.85. The van der Waals surface area contributed by atoms with E-state index in [-0.39, 0.29) is 10.8 Å². The molecule has 0 radical (unpaired) electrons. The fourth-order valence-corrected chi connectivity index (χ4v) is 4.66. The van der Waals surface area contributed by atoms with Gasteiger partial charge in [0.15, 0.2) is 11.5 Å². The normalized spacial score (nSPS) is 11.1. The fourth-order valence-electron chi connectivity index (χ4n) is 3.45. The number of benzene rings is 3. The number of nitrogens with one attached hydrogen (secondary N) is 1. The molecule has 0 atom stereocenters. The smallest absolute Gasteiger partial charge is 0.264 e. The Hall–Kier alpha value is -3.52. The fraction of sp³-hybridized carbons (Fsp3) is 0.269. The molecule has 8 heteroatoms. The Balaban J connectivity index is 1.61. The van der Waals surface area contributed by atoms with Gasteiger partial charge in [-0.05, 0) is 61.7 Å². The standard InChI is InChI=1S/C26H30N2O5S/c1-19-7-9-20(10-8-19)6-5-17-27-26(29)21-11-13-22(14-12-21)28(2)34(30,31)23-15-16-24(32-3)25(18-23)33-4/h7-16,18H,5-6,17H2,1-4H3,(H,27,29). The summed E-state index contributed by atoms with van der Waals surface area (Å²) in [4.78, 5) is 12.5. The van der Waals surface area contributed by atoms with Crippen LogP contribution in [0.1, 0.15) is 27.9 Å². The zero-order chi connectivity index (χ0) is 24.7. The second-order valence-electron chi connectivity index (χ2n) is 7.88. The van der Waals surface area contributed by atoms with Crippen LogP contribution in [0.3, 0.4) is 0 Å². The van der Waals surface area contributed by atoms with Crippen molar-refractivity contribution in [3.05, 3.63) is 83.4 Å². The van der Waals surface area contributed by atoms with Crippen LogP contribution in [-0.4, -0.2) is 42.1 Å². The molecule has 0 saturated carbocycles. The summed E-state index contributed by atoms with van der Waals surface area (Å²) in [6, 6.07) is 19.2. The molecule has 7 nitrogen and oxygen atoms in total. The number of sulfonamides is 1. The molecule has 0 heterocycles. The van der Waals surface area contributed by atoms with Gasteiger partial charge >= 0.3 is 0 Å². The van der Waals surface area contributed by atoms with Crippen molar-refractivity contribution in [1.82, 2.24) is 5.32 Å². The lowest BCUT2D eigenvalue weighted by atomic mass is 10.1. The van der Waals surface area contributed by atoms with Crippen LogP contribution >= 0.6 is 0 Å². The number of hydrogen-bond acceptors (Lipinski definition) is 5. The van der Waals surface area contributed by atoms with Gasteiger partial charge in [-0.2, -0.15) is 0 Å². The van der Waals surface area contributed by atoms with Crippen LogP contribution in [0.15, 0.2) is 71.6 Å². The van der Waals surface area contributed by atoms with Gasteiger partial charge in [0.1, 0.15) is 0 Å². The van der Waals surface area contributed by atoms with Crippen LogP contribution in [0.5, 0.6) is 11.5 Å². The topological polar surface area (TPSA) is 84.9 Å². The molecule has 3 rings (SSSR count). The summed E-state index contributed by atoms with van der Waals surface area (Å²) in [7, 11) is 0.567. The summed E-state index contributed by atoms with van der Waals surface area (Å²) in [6.07, 6.45) is 1.72. The SMILES string of the molecule is COc1ccc(S(=O)(=O)N(C)c2ccc(C(=O)NCCCc3ccc(C)cc3)cc2)cc1OC. The highest BCUT2D eigenvalue weighted by atomic mass is 32.2. The zero-order valence-corrected chi connectivity index (χ0v) is 20.7. The van der Waals surface area contributed by atoms with Gasteiger partial charge in [-0.1, -0.05) is 29.8 Å². The highest BCUT2D eigenvalue weighted by Gasteiger charge is 2.23. The Bertz CT molecular complexity index is 1220. The predicted octanol–water partition coefficient (Wildman–Crippen LogP) is 4.20. The molecule has 0 saturated heterocycles. The third-order valence-corrected chi connectivity index (χ3v) is 7.34. The average molecular weight is 483 g/mol. The maximum atomic E-state index is 13.1. The molecule has 0 aliphatic carbocycles. The molecule has 3 aromatic rings. The van der Waals surface area contributed by atoms with Crippen LogP contribution < -0.4 is 19.1 Å². The molecule has 0 aromatic heterocycles. The first kappa shape index (κ1) is 25.1. The molecule has 0 bridgehead atoms. The van der Waals surface area contributed by atoms with Crippen molar-refractivity contribution in [1.29, 1.82) is 0 Å². The molecule has 3 aromatic carbocycles. The number of methoxy groups -OCH3 is 2. The van der Waals surface area contributed by atoms with E-state index in [0.29, 0.717) is 29.3 Å². The Morgan fingerprint density at radius 1 is 0.912 bits per heavy atom. The Morgan fingerprint density at radius 2 is 1.56 bits per heavy atom. The molecular weight excluding hydrogens is 452 g/mol. The number of rotatable bonds is 10. The van der Waals surface area contributed by atoms with E-state index < -0.39 is 10.0 Å². The van der Waals surface area contributed by atoms with Gasteiger partial charge in [0.2, 0.25) is 0 Å². The number of anilines is 1. The molecule has 0 unspecified atom stereocenters. The summed E-state index contributed by atoms with van der Waals surface area (Å²) in [5, 5.41) is 2.91. The van der Waals surface area contributed by atoms with Crippen molar-refractivity contribution in [2.45, 2.75) is 24.7 Å². The van der Waals surface area contributed by atoms with E-state index in [0.717, 1.165) is 17.1 Å². The van der Waals surface area contributed by atoms with E-state index in [1.165, 1.54) is 44.5 Å². The molecule has 0 spiro atoms. The molecule has 180 valence electrons. The maximum absolute atomic E-state index is 13.1. The van der Waals surface area contributed by atoms with Crippen LogP contribution in [0.4, 0.5) is 5.69 Å². The minimum atomic E-state index is -3.83. The lowest BCUT2D eigenvalue weighted by molar-refractivity contribution is 0.0953. The minimum Gasteiger partial charge on any atom is -0.493 e. The number of carbonyl (C=O) groups excluding carboxylic acids is 1. The molecule has 0 fully saturated rings. The number of carbonyl (C=O) groups is 1. The summed E-state index contributed by atoms with van der Waals surface area (Å²) in [5.74, 6) is 0.575. The number of nitrogens with zero attached hydrogens (tertiary/aromatic N) is 1. The Labute approximate surface area is 201 Å².